The molecule has 8 heteroatoms. The third-order valence-corrected chi connectivity index (χ3v) is 4.53. The first-order valence-corrected chi connectivity index (χ1v) is 7.16. The summed E-state index contributed by atoms with van der Waals surface area (Å²) in [4.78, 5) is 26.2. The predicted octanol–water partition coefficient (Wildman–Crippen LogP) is 1.38. The van der Waals surface area contributed by atoms with Crippen LogP contribution in [0.3, 0.4) is 0 Å². The Bertz CT molecular complexity index is 721. The van der Waals surface area contributed by atoms with E-state index in [1.165, 1.54) is 18.1 Å². The second-order valence-electron chi connectivity index (χ2n) is 5.89. The molecule has 128 valence electrons. The van der Waals surface area contributed by atoms with Crippen molar-refractivity contribution in [3.05, 3.63) is 35.1 Å². The molecule has 1 aromatic rings. The van der Waals surface area contributed by atoms with E-state index in [0.717, 1.165) is 12.1 Å². The molecular weight excluding hydrogens is 339 g/mol. The van der Waals surface area contributed by atoms with Gasteiger partial charge in [-0.25, -0.2) is 4.39 Å². The summed E-state index contributed by atoms with van der Waals surface area (Å²) in [6, 6.07) is 5.34. The Morgan fingerprint density at radius 2 is 2.21 bits per heavy atom. The Labute approximate surface area is 144 Å². The van der Waals surface area contributed by atoms with Crippen LogP contribution in [0.25, 0.3) is 0 Å². The van der Waals surface area contributed by atoms with Crippen molar-refractivity contribution in [2.24, 2.45) is 11.3 Å². The normalized spacial score (nSPS) is 24.7. The molecule has 1 aromatic carbocycles. The molecule has 2 atom stereocenters. The average Bonchev–Trinajstić information content (AvgIpc) is 3.10. The number of rotatable bonds is 2. The van der Waals surface area contributed by atoms with Crippen LogP contribution >= 0.6 is 12.4 Å². The van der Waals surface area contributed by atoms with Crippen LogP contribution in [0.5, 0.6) is 0 Å². The number of methoxy groups -OCH3 is 1. The van der Waals surface area contributed by atoms with Gasteiger partial charge in [0.05, 0.1) is 32.0 Å². The number of ether oxygens (including phenoxy) is 2. The highest BCUT2D eigenvalue weighted by Gasteiger charge is 2.57. The molecule has 1 amide bonds. The molecule has 2 aliphatic heterocycles. The Balaban J connectivity index is 0.00000208. The molecule has 0 aromatic heterocycles. The highest BCUT2D eigenvalue weighted by molar-refractivity contribution is 5.95. The predicted molar refractivity (Wildman–Crippen MR) is 83.0 cm³/mol. The van der Waals surface area contributed by atoms with Crippen LogP contribution in [0.1, 0.15) is 15.9 Å². The third kappa shape index (κ3) is 2.83. The first-order valence-electron chi connectivity index (χ1n) is 7.16. The lowest BCUT2D eigenvalue weighted by Crippen LogP contribution is -2.41. The highest BCUT2D eigenvalue weighted by atomic mass is 35.5. The number of benzene rings is 1. The largest absolute Gasteiger partial charge is 0.468 e. The fourth-order valence-electron chi connectivity index (χ4n) is 3.34. The summed E-state index contributed by atoms with van der Waals surface area (Å²) in [5, 5.41) is 8.89. The van der Waals surface area contributed by atoms with E-state index < -0.39 is 23.1 Å². The molecule has 2 heterocycles. The summed E-state index contributed by atoms with van der Waals surface area (Å²) >= 11 is 0. The van der Waals surface area contributed by atoms with Crippen molar-refractivity contribution < 1.29 is 23.5 Å². The molecule has 0 aliphatic carbocycles. The molecule has 0 N–H and O–H groups in total. The number of hydrogen-bond donors (Lipinski definition) is 0. The Morgan fingerprint density at radius 3 is 2.88 bits per heavy atom. The van der Waals surface area contributed by atoms with Crippen molar-refractivity contribution in [3.8, 4) is 6.07 Å². The zero-order valence-electron chi connectivity index (χ0n) is 13.0. The van der Waals surface area contributed by atoms with E-state index in [1.807, 2.05) is 6.07 Å². The van der Waals surface area contributed by atoms with Gasteiger partial charge in [-0.05, 0) is 18.2 Å². The smallest absolute Gasteiger partial charge is 0.316 e. The number of likely N-dealkylation sites (tertiary alicyclic amines) is 1. The van der Waals surface area contributed by atoms with Gasteiger partial charge in [-0.2, -0.15) is 5.26 Å². The summed E-state index contributed by atoms with van der Waals surface area (Å²) in [5.74, 6) is -1.58. The van der Waals surface area contributed by atoms with E-state index in [2.05, 4.69) is 0 Å². The first-order chi connectivity index (χ1) is 11.0. The van der Waals surface area contributed by atoms with Gasteiger partial charge in [0, 0.05) is 24.6 Å². The molecule has 0 unspecified atom stereocenters. The van der Waals surface area contributed by atoms with Crippen molar-refractivity contribution >= 4 is 24.3 Å². The van der Waals surface area contributed by atoms with Crippen LogP contribution in [0.4, 0.5) is 4.39 Å². The van der Waals surface area contributed by atoms with Gasteiger partial charge in [0.15, 0.2) is 0 Å². The van der Waals surface area contributed by atoms with Gasteiger partial charge in [-0.15, -0.1) is 12.4 Å². The van der Waals surface area contributed by atoms with Gasteiger partial charge >= 0.3 is 5.97 Å². The van der Waals surface area contributed by atoms with E-state index in [1.54, 1.807) is 0 Å². The zero-order valence-corrected chi connectivity index (χ0v) is 13.8. The molecule has 2 aliphatic rings. The van der Waals surface area contributed by atoms with Crippen LogP contribution in [0.2, 0.25) is 0 Å². The van der Waals surface area contributed by atoms with Crippen molar-refractivity contribution in [3.63, 3.8) is 0 Å². The lowest BCUT2D eigenvalue weighted by molar-refractivity contribution is -0.153. The maximum absolute atomic E-state index is 13.5. The number of carbonyl (C=O) groups is 2. The Morgan fingerprint density at radius 1 is 1.46 bits per heavy atom. The second kappa shape index (κ2) is 6.75. The minimum absolute atomic E-state index is 0. The standard InChI is InChI=1S/C16H15FN2O4.ClH/c1-22-15(21)16-8-19(6-12(16)7-23-9-16)14(20)11-2-10(5-18)3-13(17)4-11;/h2-4,12H,6-9H2,1H3;1H/t12-,16-;/m0./s1. The van der Waals surface area contributed by atoms with E-state index in [9.17, 15) is 14.0 Å². The molecule has 0 radical (unpaired) electrons. The average molecular weight is 355 g/mol. The highest BCUT2D eigenvalue weighted by Crippen LogP contribution is 2.42. The molecule has 0 saturated carbocycles. The Kier molecular flexibility index (Phi) is 5.11. The number of carbonyl (C=O) groups excluding carboxylic acids is 2. The number of esters is 1. The van der Waals surface area contributed by atoms with Gasteiger partial charge in [0.1, 0.15) is 11.2 Å². The van der Waals surface area contributed by atoms with Gasteiger partial charge in [-0.1, -0.05) is 0 Å². The fraction of sp³-hybridized carbons (Fsp3) is 0.438. The van der Waals surface area contributed by atoms with Crippen LogP contribution in [-0.4, -0.2) is 50.2 Å². The molecular formula is C16H16ClFN2O4. The Hall–Kier alpha value is -2.17. The van der Waals surface area contributed by atoms with Crippen molar-refractivity contribution in [2.45, 2.75) is 0 Å². The maximum atomic E-state index is 13.5. The van der Waals surface area contributed by atoms with Gasteiger partial charge < -0.3 is 14.4 Å². The van der Waals surface area contributed by atoms with E-state index in [0.29, 0.717) is 13.2 Å². The number of hydrogen-bond acceptors (Lipinski definition) is 5. The van der Waals surface area contributed by atoms with E-state index >= 15 is 0 Å². The SMILES string of the molecule is COC(=O)[C@@]12COC[C@@H]1CN(C(=O)c1cc(F)cc(C#N)c1)C2.Cl. The monoisotopic (exact) mass is 354 g/mol. The molecule has 6 nitrogen and oxygen atoms in total. The van der Waals surface area contributed by atoms with Crippen LogP contribution in [0.15, 0.2) is 18.2 Å². The van der Waals surface area contributed by atoms with Crippen LogP contribution in [0, 0.1) is 28.5 Å². The minimum atomic E-state index is -0.851. The van der Waals surface area contributed by atoms with Gasteiger partial charge in [0.2, 0.25) is 0 Å². The minimum Gasteiger partial charge on any atom is -0.468 e. The topological polar surface area (TPSA) is 79.6 Å². The maximum Gasteiger partial charge on any atom is 0.316 e. The quantitative estimate of drug-likeness (QED) is 0.750. The number of nitrogens with zero attached hydrogens (tertiary/aromatic N) is 2. The number of halogens is 2. The summed E-state index contributed by atoms with van der Waals surface area (Å²) in [6.07, 6.45) is 0. The van der Waals surface area contributed by atoms with E-state index in [-0.39, 0.29) is 42.6 Å². The molecule has 24 heavy (non-hydrogen) atoms. The number of amides is 1. The summed E-state index contributed by atoms with van der Waals surface area (Å²) < 4.78 is 23.8. The fourth-order valence-corrected chi connectivity index (χ4v) is 3.34. The third-order valence-electron chi connectivity index (χ3n) is 4.53. The summed E-state index contributed by atoms with van der Waals surface area (Å²) in [6.45, 7) is 1.10. The van der Waals surface area contributed by atoms with Crippen molar-refractivity contribution in [2.75, 3.05) is 33.4 Å². The molecule has 2 fully saturated rings. The van der Waals surface area contributed by atoms with Crippen LogP contribution in [-0.2, 0) is 14.3 Å². The van der Waals surface area contributed by atoms with E-state index in [4.69, 9.17) is 14.7 Å². The second-order valence-corrected chi connectivity index (χ2v) is 5.89. The number of nitriles is 1. The summed E-state index contributed by atoms with van der Waals surface area (Å²) in [7, 11) is 1.31. The van der Waals surface area contributed by atoms with Crippen LogP contribution < -0.4 is 0 Å². The van der Waals surface area contributed by atoms with Gasteiger partial charge in [-0.3, -0.25) is 9.59 Å². The lowest BCUT2D eigenvalue weighted by Gasteiger charge is -2.23. The summed E-state index contributed by atoms with van der Waals surface area (Å²) in [5.41, 5.74) is -0.670. The molecule has 2 saturated heterocycles. The van der Waals surface area contributed by atoms with Crippen molar-refractivity contribution in [1.82, 2.24) is 4.90 Å². The first kappa shape index (κ1) is 18.2. The molecule has 0 spiro atoms. The number of fused-ring (bicyclic) bond motifs is 1. The molecule has 0 bridgehead atoms. The van der Waals surface area contributed by atoms with Gasteiger partial charge in [0.25, 0.3) is 5.91 Å². The zero-order chi connectivity index (χ0) is 16.6. The van der Waals surface area contributed by atoms with Crippen molar-refractivity contribution in [1.29, 1.82) is 5.26 Å². The lowest BCUT2D eigenvalue weighted by atomic mass is 9.81. The molecule has 3 rings (SSSR count).